The number of esters is 1. The predicted molar refractivity (Wildman–Crippen MR) is 63.1 cm³/mol. The van der Waals surface area contributed by atoms with Gasteiger partial charge in [0.2, 0.25) is 0 Å². The minimum absolute atomic E-state index is 0.0816. The van der Waals surface area contributed by atoms with Gasteiger partial charge < -0.3 is 10.1 Å². The number of ether oxygens (including phenoxy) is 1. The first kappa shape index (κ1) is 11.4. The first-order valence-electron chi connectivity index (χ1n) is 6.12. The van der Waals surface area contributed by atoms with Gasteiger partial charge in [0.15, 0.2) is 0 Å². The Morgan fingerprint density at radius 1 is 1.44 bits per heavy atom. The Morgan fingerprint density at radius 3 is 3.06 bits per heavy atom. The molecule has 1 unspecified atom stereocenters. The van der Waals surface area contributed by atoms with E-state index in [1.807, 2.05) is 6.08 Å². The molecule has 1 atom stereocenters. The van der Waals surface area contributed by atoms with E-state index in [4.69, 9.17) is 4.74 Å². The molecule has 0 aromatic heterocycles. The van der Waals surface area contributed by atoms with E-state index >= 15 is 0 Å². The summed E-state index contributed by atoms with van der Waals surface area (Å²) in [6.07, 6.45) is 11.7. The molecule has 1 fully saturated rings. The number of piperidine rings is 1. The van der Waals surface area contributed by atoms with Crippen molar-refractivity contribution >= 4 is 5.97 Å². The van der Waals surface area contributed by atoms with Crippen molar-refractivity contribution in [1.82, 2.24) is 5.32 Å². The molecule has 88 valence electrons. The molecule has 2 rings (SSSR count). The molecule has 0 saturated carbocycles. The number of carbonyl (C=O) groups excluding carboxylic acids is 1. The second-order valence-corrected chi connectivity index (χ2v) is 4.37. The molecule has 3 nitrogen and oxygen atoms in total. The van der Waals surface area contributed by atoms with Crippen molar-refractivity contribution in [2.75, 3.05) is 13.2 Å². The van der Waals surface area contributed by atoms with E-state index in [1.165, 1.54) is 0 Å². The minimum atomic E-state index is -0.0976. The highest BCUT2D eigenvalue weighted by atomic mass is 16.5. The van der Waals surface area contributed by atoms with Crippen LogP contribution in [0.5, 0.6) is 0 Å². The quantitative estimate of drug-likeness (QED) is 0.740. The van der Waals surface area contributed by atoms with Crippen molar-refractivity contribution in [2.45, 2.75) is 38.1 Å². The van der Waals surface area contributed by atoms with Gasteiger partial charge in [0.05, 0.1) is 0 Å². The standard InChI is InChI=1S/C13H19NO2/c15-13(12-8-4-5-9-14-12)16-10-11-6-2-1-3-7-11/h2,6-7,12,14H,1,3-5,8-10H2. The Hall–Kier alpha value is -1.09. The van der Waals surface area contributed by atoms with Gasteiger partial charge in [-0.25, -0.2) is 0 Å². The van der Waals surface area contributed by atoms with Crippen LogP contribution in [0.15, 0.2) is 23.8 Å². The molecule has 1 aliphatic carbocycles. The molecule has 0 aromatic carbocycles. The monoisotopic (exact) mass is 221 g/mol. The van der Waals surface area contributed by atoms with E-state index in [1.54, 1.807) is 0 Å². The number of hydrogen-bond acceptors (Lipinski definition) is 3. The van der Waals surface area contributed by atoms with Crippen LogP contribution in [0.2, 0.25) is 0 Å². The van der Waals surface area contributed by atoms with Crippen molar-refractivity contribution in [3.63, 3.8) is 0 Å². The lowest BCUT2D eigenvalue weighted by atomic mass is 10.1. The van der Waals surface area contributed by atoms with Gasteiger partial charge in [-0.2, -0.15) is 0 Å². The average molecular weight is 221 g/mol. The van der Waals surface area contributed by atoms with Crippen molar-refractivity contribution in [3.05, 3.63) is 23.8 Å². The fourth-order valence-electron chi connectivity index (χ4n) is 2.08. The van der Waals surface area contributed by atoms with E-state index in [-0.39, 0.29) is 12.0 Å². The zero-order valence-corrected chi connectivity index (χ0v) is 9.58. The molecule has 0 amide bonds. The highest BCUT2D eigenvalue weighted by Crippen LogP contribution is 2.12. The van der Waals surface area contributed by atoms with Gasteiger partial charge in [-0.1, -0.05) is 24.6 Å². The minimum Gasteiger partial charge on any atom is -0.460 e. The average Bonchev–Trinajstić information content (AvgIpc) is 2.38. The molecule has 2 aliphatic rings. The zero-order valence-electron chi connectivity index (χ0n) is 9.58. The van der Waals surface area contributed by atoms with Crippen molar-refractivity contribution in [2.24, 2.45) is 0 Å². The van der Waals surface area contributed by atoms with Crippen LogP contribution in [-0.2, 0) is 9.53 Å². The van der Waals surface area contributed by atoms with E-state index in [9.17, 15) is 4.79 Å². The molecule has 0 radical (unpaired) electrons. The Kier molecular flexibility index (Phi) is 4.17. The van der Waals surface area contributed by atoms with Gasteiger partial charge in [0, 0.05) is 0 Å². The Balaban J connectivity index is 1.74. The maximum Gasteiger partial charge on any atom is 0.323 e. The third kappa shape index (κ3) is 3.20. The molecular weight excluding hydrogens is 202 g/mol. The van der Waals surface area contributed by atoms with Gasteiger partial charge in [-0.3, -0.25) is 4.79 Å². The summed E-state index contributed by atoms with van der Waals surface area (Å²) in [6, 6.07) is -0.0816. The molecule has 1 saturated heterocycles. The Morgan fingerprint density at radius 2 is 2.38 bits per heavy atom. The van der Waals surface area contributed by atoms with Crippen LogP contribution in [0.1, 0.15) is 32.1 Å². The summed E-state index contributed by atoms with van der Waals surface area (Å²) < 4.78 is 5.30. The lowest BCUT2D eigenvalue weighted by Gasteiger charge is -2.21. The van der Waals surface area contributed by atoms with Crippen LogP contribution in [0, 0.1) is 0 Å². The molecule has 0 bridgehead atoms. The number of nitrogens with one attached hydrogen (secondary N) is 1. The molecule has 1 aliphatic heterocycles. The summed E-state index contributed by atoms with van der Waals surface area (Å²) in [5.74, 6) is -0.0976. The highest BCUT2D eigenvalue weighted by molar-refractivity contribution is 5.76. The normalized spacial score (nSPS) is 25.0. The number of hydrogen-bond donors (Lipinski definition) is 1. The third-order valence-corrected chi connectivity index (χ3v) is 3.05. The van der Waals surface area contributed by atoms with E-state index < -0.39 is 0 Å². The summed E-state index contributed by atoms with van der Waals surface area (Å²) in [4.78, 5) is 11.7. The lowest BCUT2D eigenvalue weighted by molar-refractivity contribution is -0.145. The molecule has 3 heteroatoms. The zero-order chi connectivity index (χ0) is 11.2. The Labute approximate surface area is 96.6 Å². The summed E-state index contributed by atoms with van der Waals surface area (Å²) in [5.41, 5.74) is 1.12. The van der Waals surface area contributed by atoms with E-state index in [0.717, 1.165) is 44.2 Å². The van der Waals surface area contributed by atoms with Crippen LogP contribution in [-0.4, -0.2) is 25.2 Å². The van der Waals surface area contributed by atoms with Gasteiger partial charge in [0.1, 0.15) is 12.6 Å². The molecule has 16 heavy (non-hydrogen) atoms. The smallest absolute Gasteiger partial charge is 0.323 e. The summed E-state index contributed by atoms with van der Waals surface area (Å²) in [7, 11) is 0. The fourth-order valence-corrected chi connectivity index (χ4v) is 2.08. The molecule has 1 heterocycles. The fraction of sp³-hybridized carbons (Fsp3) is 0.615. The third-order valence-electron chi connectivity index (χ3n) is 3.05. The summed E-state index contributed by atoms with van der Waals surface area (Å²) in [5, 5.41) is 3.19. The second-order valence-electron chi connectivity index (χ2n) is 4.37. The van der Waals surface area contributed by atoms with Gasteiger partial charge in [0.25, 0.3) is 0 Å². The predicted octanol–water partition coefficient (Wildman–Crippen LogP) is 1.95. The SMILES string of the molecule is O=C(OCC1=CCCC=C1)C1CCCCN1. The van der Waals surface area contributed by atoms with Crippen LogP contribution in [0.3, 0.4) is 0 Å². The summed E-state index contributed by atoms with van der Waals surface area (Å²) in [6.45, 7) is 1.36. The van der Waals surface area contributed by atoms with Crippen LogP contribution < -0.4 is 5.32 Å². The molecular formula is C13H19NO2. The van der Waals surface area contributed by atoms with Gasteiger partial charge in [-0.05, 0) is 37.8 Å². The molecule has 1 N–H and O–H groups in total. The topological polar surface area (TPSA) is 38.3 Å². The number of carbonyl (C=O) groups is 1. The van der Waals surface area contributed by atoms with Crippen molar-refractivity contribution in [3.8, 4) is 0 Å². The van der Waals surface area contributed by atoms with E-state index in [2.05, 4.69) is 17.5 Å². The van der Waals surface area contributed by atoms with Gasteiger partial charge >= 0.3 is 5.97 Å². The number of allylic oxidation sites excluding steroid dienone is 2. The first-order chi connectivity index (χ1) is 7.86. The largest absolute Gasteiger partial charge is 0.460 e. The van der Waals surface area contributed by atoms with Gasteiger partial charge in [-0.15, -0.1) is 0 Å². The maximum atomic E-state index is 11.7. The second kappa shape index (κ2) is 5.85. The van der Waals surface area contributed by atoms with Crippen LogP contribution in [0.25, 0.3) is 0 Å². The van der Waals surface area contributed by atoms with E-state index in [0.29, 0.717) is 6.61 Å². The molecule has 0 aromatic rings. The lowest BCUT2D eigenvalue weighted by Crippen LogP contribution is -2.41. The first-order valence-corrected chi connectivity index (χ1v) is 6.12. The maximum absolute atomic E-state index is 11.7. The van der Waals surface area contributed by atoms with Crippen molar-refractivity contribution < 1.29 is 9.53 Å². The summed E-state index contributed by atoms with van der Waals surface area (Å²) >= 11 is 0. The van der Waals surface area contributed by atoms with Crippen LogP contribution >= 0.6 is 0 Å². The van der Waals surface area contributed by atoms with Crippen molar-refractivity contribution in [1.29, 1.82) is 0 Å². The molecule has 0 spiro atoms. The highest BCUT2D eigenvalue weighted by Gasteiger charge is 2.21. The Bertz CT molecular complexity index is 301. The number of rotatable bonds is 3. The van der Waals surface area contributed by atoms with Crippen LogP contribution in [0.4, 0.5) is 0 Å².